The van der Waals surface area contributed by atoms with Crippen LogP contribution in [-0.4, -0.2) is 29.3 Å². The number of rotatable bonds is 10. The summed E-state index contributed by atoms with van der Waals surface area (Å²) in [7, 11) is 0. The molecule has 6 nitrogen and oxygen atoms in total. The number of aliphatic carboxylic acids is 1. The Balaban J connectivity index is 1.46. The summed E-state index contributed by atoms with van der Waals surface area (Å²) in [5.41, 5.74) is 7.49. The van der Waals surface area contributed by atoms with Crippen LogP contribution >= 0.6 is 0 Å². The molecule has 0 saturated heterocycles. The molecular weight excluding hydrogens is 380 g/mol. The summed E-state index contributed by atoms with van der Waals surface area (Å²) >= 11 is 0. The Bertz CT molecular complexity index is 986. The highest BCUT2D eigenvalue weighted by Crippen LogP contribution is 2.20. The van der Waals surface area contributed by atoms with Crippen LogP contribution in [0.15, 0.2) is 79.0 Å². The van der Waals surface area contributed by atoms with Gasteiger partial charge in [-0.25, -0.2) is 0 Å². The first-order chi connectivity index (χ1) is 14.7. The molecule has 0 fully saturated rings. The highest BCUT2D eigenvalue weighted by molar-refractivity contribution is 5.70. The Labute approximate surface area is 175 Å². The van der Waals surface area contributed by atoms with E-state index in [1.807, 2.05) is 55.5 Å². The van der Waals surface area contributed by atoms with E-state index in [0.29, 0.717) is 24.5 Å². The Hall–Kier alpha value is -3.64. The number of allylic oxidation sites excluding steroid dienone is 1. The van der Waals surface area contributed by atoms with Crippen molar-refractivity contribution >= 4 is 11.7 Å². The monoisotopic (exact) mass is 404 g/mol. The van der Waals surface area contributed by atoms with Gasteiger partial charge >= 0.3 is 5.97 Å². The number of aromatic nitrogens is 1. The lowest BCUT2D eigenvalue weighted by molar-refractivity contribution is -0.136. The van der Waals surface area contributed by atoms with Crippen LogP contribution in [0.2, 0.25) is 0 Å². The van der Waals surface area contributed by atoms with Gasteiger partial charge in [-0.05, 0) is 42.3 Å². The van der Waals surface area contributed by atoms with Gasteiger partial charge < -0.3 is 9.84 Å². The standard InChI is InChI=1S/C24H24N2O4/c1-2-22(19-9-11-20(12-10-19)23-8-3-4-13-25-23)26-30-15-14-29-21-7-5-6-18(16-21)17-24(27)28/h2-13,16,26H,14-15,17H2,1H3,(H,27,28). The smallest absolute Gasteiger partial charge is 0.307 e. The second kappa shape index (κ2) is 10.8. The fourth-order valence-electron chi connectivity index (χ4n) is 2.89. The van der Waals surface area contributed by atoms with Crippen LogP contribution < -0.4 is 10.2 Å². The number of nitrogens with zero attached hydrogens (tertiary/aromatic N) is 1. The largest absolute Gasteiger partial charge is 0.491 e. The molecule has 0 bridgehead atoms. The molecule has 0 aliphatic rings. The highest BCUT2D eigenvalue weighted by atomic mass is 16.7. The quantitative estimate of drug-likeness (QED) is 0.387. The number of carboxylic acids is 1. The van der Waals surface area contributed by atoms with Crippen LogP contribution in [0.4, 0.5) is 0 Å². The van der Waals surface area contributed by atoms with E-state index in [1.165, 1.54) is 0 Å². The molecule has 0 aliphatic carbocycles. The molecule has 0 radical (unpaired) electrons. The summed E-state index contributed by atoms with van der Waals surface area (Å²) in [5.74, 6) is -0.250. The minimum absolute atomic E-state index is 0.0287. The van der Waals surface area contributed by atoms with Crippen LogP contribution in [0, 0.1) is 0 Å². The van der Waals surface area contributed by atoms with Crippen molar-refractivity contribution in [2.75, 3.05) is 13.2 Å². The van der Waals surface area contributed by atoms with E-state index in [4.69, 9.17) is 14.7 Å². The lowest BCUT2D eigenvalue weighted by Gasteiger charge is -2.12. The minimum Gasteiger partial charge on any atom is -0.491 e. The predicted octanol–water partition coefficient (Wildman–Crippen LogP) is 4.34. The number of hydrogen-bond acceptors (Lipinski definition) is 5. The number of hydroxylamine groups is 1. The van der Waals surface area contributed by atoms with E-state index in [0.717, 1.165) is 22.5 Å². The van der Waals surface area contributed by atoms with E-state index in [2.05, 4.69) is 10.5 Å². The van der Waals surface area contributed by atoms with Gasteiger partial charge in [0.05, 0.1) is 17.8 Å². The molecule has 1 heterocycles. The van der Waals surface area contributed by atoms with Crippen LogP contribution in [-0.2, 0) is 16.1 Å². The third kappa shape index (κ3) is 6.18. The Kier molecular flexibility index (Phi) is 7.58. The van der Waals surface area contributed by atoms with Crippen LogP contribution in [0.5, 0.6) is 5.75 Å². The van der Waals surface area contributed by atoms with Crippen molar-refractivity contribution in [1.82, 2.24) is 10.5 Å². The first kappa shape index (κ1) is 21.1. The maximum Gasteiger partial charge on any atom is 0.307 e. The van der Waals surface area contributed by atoms with Crippen LogP contribution in [0.1, 0.15) is 18.1 Å². The maximum absolute atomic E-state index is 10.8. The number of benzene rings is 2. The number of pyridine rings is 1. The molecule has 0 atom stereocenters. The zero-order valence-corrected chi connectivity index (χ0v) is 16.7. The minimum atomic E-state index is -0.869. The SMILES string of the molecule is CC=C(NOCCOc1cccc(CC(=O)O)c1)c1ccc(-c2ccccn2)cc1. The Morgan fingerprint density at radius 2 is 1.90 bits per heavy atom. The summed E-state index contributed by atoms with van der Waals surface area (Å²) in [4.78, 5) is 20.7. The van der Waals surface area contributed by atoms with Crippen molar-refractivity contribution < 1.29 is 19.5 Å². The first-order valence-electron chi connectivity index (χ1n) is 9.65. The summed E-state index contributed by atoms with van der Waals surface area (Å²) in [5, 5.41) is 8.87. The van der Waals surface area contributed by atoms with Crippen molar-refractivity contribution in [1.29, 1.82) is 0 Å². The number of carbonyl (C=O) groups is 1. The summed E-state index contributed by atoms with van der Waals surface area (Å²) in [6, 6.07) is 21.0. The van der Waals surface area contributed by atoms with Crippen molar-refractivity contribution in [2.24, 2.45) is 0 Å². The normalized spacial score (nSPS) is 11.2. The zero-order chi connectivity index (χ0) is 21.2. The average molecular weight is 404 g/mol. The molecule has 3 aromatic rings. The fourth-order valence-corrected chi connectivity index (χ4v) is 2.89. The predicted molar refractivity (Wildman–Crippen MR) is 116 cm³/mol. The van der Waals surface area contributed by atoms with E-state index in [9.17, 15) is 4.79 Å². The molecule has 3 rings (SSSR count). The third-order valence-corrected chi connectivity index (χ3v) is 4.34. The van der Waals surface area contributed by atoms with Gasteiger partial charge in [-0.15, -0.1) is 0 Å². The summed E-state index contributed by atoms with van der Waals surface area (Å²) < 4.78 is 5.63. The molecule has 6 heteroatoms. The zero-order valence-electron chi connectivity index (χ0n) is 16.7. The van der Waals surface area contributed by atoms with Crippen molar-refractivity contribution in [3.63, 3.8) is 0 Å². The van der Waals surface area contributed by atoms with Crippen molar-refractivity contribution in [2.45, 2.75) is 13.3 Å². The van der Waals surface area contributed by atoms with Gasteiger partial charge in [0.1, 0.15) is 19.0 Å². The first-order valence-corrected chi connectivity index (χ1v) is 9.65. The third-order valence-electron chi connectivity index (χ3n) is 4.34. The van der Waals surface area contributed by atoms with E-state index < -0.39 is 5.97 Å². The molecule has 0 saturated carbocycles. The molecule has 154 valence electrons. The molecule has 2 N–H and O–H groups in total. The Morgan fingerprint density at radius 3 is 2.60 bits per heavy atom. The lowest BCUT2D eigenvalue weighted by atomic mass is 10.1. The van der Waals surface area contributed by atoms with Crippen LogP contribution in [0.25, 0.3) is 17.0 Å². The summed E-state index contributed by atoms with van der Waals surface area (Å²) in [6.07, 6.45) is 3.69. The van der Waals surface area contributed by atoms with Crippen molar-refractivity contribution in [3.05, 3.63) is 90.1 Å². The van der Waals surface area contributed by atoms with E-state index >= 15 is 0 Å². The second-order valence-corrected chi connectivity index (χ2v) is 6.51. The Morgan fingerprint density at radius 1 is 1.07 bits per heavy atom. The van der Waals surface area contributed by atoms with Gasteiger partial charge in [-0.3, -0.25) is 20.1 Å². The average Bonchev–Trinajstić information content (AvgIpc) is 2.77. The van der Waals surface area contributed by atoms with Gasteiger partial charge in [0, 0.05) is 11.8 Å². The number of ether oxygens (including phenoxy) is 1. The second-order valence-electron chi connectivity index (χ2n) is 6.51. The van der Waals surface area contributed by atoms with Crippen LogP contribution in [0.3, 0.4) is 0 Å². The molecule has 2 aromatic carbocycles. The molecule has 1 aromatic heterocycles. The fraction of sp³-hybridized carbons (Fsp3) is 0.167. The molecule has 0 amide bonds. The van der Waals surface area contributed by atoms with Gasteiger partial charge in [0.2, 0.25) is 0 Å². The van der Waals surface area contributed by atoms with Gasteiger partial charge in [0.25, 0.3) is 0 Å². The van der Waals surface area contributed by atoms with Gasteiger partial charge in [-0.1, -0.05) is 48.5 Å². The van der Waals surface area contributed by atoms with Gasteiger partial charge in [-0.2, -0.15) is 0 Å². The number of carboxylic acid groups (broad SMARTS) is 1. The number of nitrogens with one attached hydrogen (secondary N) is 1. The molecule has 0 spiro atoms. The highest BCUT2D eigenvalue weighted by Gasteiger charge is 2.04. The topological polar surface area (TPSA) is 80.7 Å². The molecular formula is C24H24N2O4. The summed E-state index contributed by atoms with van der Waals surface area (Å²) in [6.45, 7) is 2.59. The number of hydrogen-bond donors (Lipinski definition) is 2. The maximum atomic E-state index is 10.8. The molecule has 0 unspecified atom stereocenters. The van der Waals surface area contributed by atoms with E-state index in [1.54, 1.807) is 30.5 Å². The van der Waals surface area contributed by atoms with Crippen molar-refractivity contribution in [3.8, 4) is 17.0 Å². The molecule has 0 aliphatic heterocycles. The van der Waals surface area contributed by atoms with Gasteiger partial charge in [0.15, 0.2) is 0 Å². The molecule has 30 heavy (non-hydrogen) atoms. The van der Waals surface area contributed by atoms with E-state index in [-0.39, 0.29) is 6.42 Å². The lowest BCUT2D eigenvalue weighted by Crippen LogP contribution is -2.17.